The van der Waals surface area contributed by atoms with Gasteiger partial charge in [-0.2, -0.15) is 10.2 Å². The minimum Gasteiger partial charge on any atom is -0.381 e. The van der Waals surface area contributed by atoms with Gasteiger partial charge < -0.3 is 10.1 Å². The third-order valence-corrected chi connectivity index (χ3v) is 8.51. The van der Waals surface area contributed by atoms with Crippen molar-refractivity contribution in [3.05, 3.63) is 30.9 Å². The quantitative estimate of drug-likeness (QED) is 0.575. The number of nitrogens with zero attached hydrogens (tertiary/aromatic N) is 5. The smallest absolute Gasteiger partial charge is 0.250 e. The highest BCUT2D eigenvalue weighted by Crippen LogP contribution is 2.37. The fraction of sp³-hybridized carbons (Fsp3) is 0.524. The molecule has 0 aromatic carbocycles. The Morgan fingerprint density at radius 1 is 1.22 bits per heavy atom. The van der Waals surface area contributed by atoms with Crippen LogP contribution in [0.1, 0.15) is 38.1 Å². The number of pyridine rings is 1. The molecule has 1 aliphatic heterocycles. The van der Waals surface area contributed by atoms with Crippen molar-refractivity contribution in [1.82, 2.24) is 24.5 Å². The predicted octanol–water partition coefficient (Wildman–Crippen LogP) is 2.10. The molecule has 3 aromatic rings. The molecule has 1 amide bonds. The Labute approximate surface area is 185 Å². The largest absolute Gasteiger partial charge is 0.381 e. The first-order valence-corrected chi connectivity index (χ1v) is 12.4. The summed E-state index contributed by atoms with van der Waals surface area (Å²) in [5.74, 6) is 0.519. The molecule has 3 aromatic heterocycles. The van der Waals surface area contributed by atoms with Gasteiger partial charge in [-0.1, -0.05) is 0 Å². The summed E-state index contributed by atoms with van der Waals surface area (Å²) >= 11 is 0. The number of sulfone groups is 1. The van der Waals surface area contributed by atoms with Crippen molar-refractivity contribution in [2.45, 2.75) is 48.3 Å². The molecule has 10 nitrogen and oxygen atoms in total. The Morgan fingerprint density at radius 3 is 2.69 bits per heavy atom. The van der Waals surface area contributed by atoms with Gasteiger partial charge in [0.1, 0.15) is 6.04 Å². The lowest BCUT2D eigenvalue weighted by Gasteiger charge is -2.26. The molecular formula is C21H26N6O4S. The van der Waals surface area contributed by atoms with E-state index in [0.717, 1.165) is 12.8 Å². The molecule has 2 fully saturated rings. The van der Waals surface area contributed by atoms with Crippen LogP contribution < -0.4 is 5.32 Å². The number of carbonyl (C=O) groups is 1. The first-order valence-electron chi connectivity index (χ1n) is 10.9. The van der Waals surface area contributed by atoms with Crippen LogP contribution >= 0.6 is 0 Å². The molecule has 32 heavy (non-hydrogen) atoms. The second kappa shape index (κ2) is 8.28. The average molecular weight is 459 g/mol. The lowest BCUT2D eigenvalue weighted by atomic mass is 9.92. The monoisotopic (exact) mass is 458 g/mol. The molecule has 1 saturated carbocycles. The molecule has 1 saturated heterocycles. The number of hydrogen-bond acceptors (Lipinski definition) is 7. The molecule has 0 spiro atoms. The molecule has 5 rings (SSSR count). The normalized spacial score (nSPS) is 18.7. The molecule has 0 unspecified atom stereocenters. The van der Waals surface area contributed by atoms with E-state index in [2.05, 4.69) is 20.5 Å². The molecule has 11 heteroatoms. The fourth-order valence-corrected chi connectivity index (χ4v) is 6.06. The summed E-state index contributed by atoms with van der Waals surface area (Å²) in [4.78, 5) is 17.7. The number of carbonyl (C=O) groups excluding carboxylic acids is 1. The Hall–Kier alpha value is -2.79. The van der Waals surface area contributed by atoms with Gasteiger partial charge in [0.15, 0.2) is 15.7 Å². The van der Waals surface area contributed by atoms with E-state index in [1.807, 2.05) is 0 Å². The van der Waals surface area contributed by atoms with Gasteiger partial charge in [-0.05, 0) is 38.0 Å². The third kappa shape index (κ3) is 4.02. The molecule has 4 heterocycles. The van der Waals surface area contributed by atoms with Crippen molar-refractivity contribution >= 4 is 32.5 Å². The van der Waals surface area contributed by atoms with E-state index in [9.17, 15) is 13.2 Å². The number of fused-ring (bicyclic) bond motifs is 1. The minimum absolute atomic E-state index is 0.193. The third-order valence-electron chi connectivity index (χ3n) is 6.22. The standard InChI is InChI=1S/C21H26N6O4S/c1-26-7-4-20(25-26)24-21(28)17(10-14-5-8-31-9-6-14)27-18-12-22-13-19(16(18)11-23-27)32(29,30)15-2-3-15/h4,7,11-15,17H,2-3,5-6,8-10H2,1H3,(H,24,25,28)/t17-/m1/s1. The van der Waals surface area contributed by atoms with Gasteiger partial charge in [-0.15, -0.1) is 0 Å². The van der Waals surface area contributed by atoms with E-state index in [1.165, 1.54) is 12.4 Å². The van der Waals surface area contributed by atoms with Gasteiger partial charge in [0.25, 0.3) is 0 Å². The molecule has 0 radical (unpaired) electrons. The highest BCUT2D eigenvalue weighted by molar-refractivity contribution is 7.92. The van der Waals surface area contributed by atoms with Gasteiger partial charge in [0.05, 0.1) is 28.1 Å². The summed E-state index contributed by atoms with van der Waals surface area (Å²) in [5, 5.41) is 11.8. The maximum atomic E-state index is 13.3. The summed E-state index contributed by atoms with van der Waals surface area (Å²) in [6.07, 6.45) is 9.92. The molecule has 0 bridgehead atoms. The molecule has 2 aliphatic rings. The number of rotatable bonds is 7. The molecule has 1 N–H and O–H groups in total. The Bertz CT molecular complexity index is 1240. The van der Waals surface area contributed by atoms with Crippen molar-refractivity contribution in [2.24, 2.45) is 13.0 Å². The van der Waals surface area contributed by atoms with Crippen LogP contribution in [-0.4, -0.2) is 57.3 Å². The number of anilines is 1. The summed E-state index contributed by atoms with van der Waals surface area (Å²) in [6.45, 7) is 1.34. The van der Waals surface area contributed by atoms with Gasteiger partial charge in [-0.25, -0.2) is 8.42 Å². The number of hydrogen-bond donors (Lipinski definition) is 1. The van der Waals surface area contributed by atoms with E-state index in [4.69, 9.17) is 4.74 Å². The second-order valence-corrected chi connectivity index (χ2v) is 10.8. The zero-order valence-corrected chi connectivity index (χ0v) is 18.7. The maximum Gasteiger partial charge on any atom is 0.250 e. The van der Waals surface area contributed by atoms with Crippen molar-refractivity contribution in [1.29, 1.82) is 0 Å². The number of aromatic nitrogens is 5. The summed E-state index contributed by atoms with van der Waals surface area (Å²) in [5.41, 5.74) is 0.542. The van der Waals surface area contributed by atoms with Crippen LogP contribution in [0, 0.1) is 5.92 Å². The molecule has 170 valence electrons. The lowest BCUT2D eigenvalue weighted by Crippen LogP contribution is -2.30. The lowest BCUT2D eigenvalue weighted by molar-refractivity contribution is -0.120. The van der Waals surface area contributed by atoms with Gasteiger partial charge in [0.2, 0.25) is 5.91 Å². The Morgan fingerprint density at radius 2 is 2.00 bits per heavy atom. The van der Waals surface area contributed by atoms with E-state index >= 15 is 0 Å². The minimum atomic E-state index is -3.44. The van der Waals surface area contributed by atoms with Crippen LogP contribution in [0.4, 0.5) is 5.82 Å². The Kier molecular flexibility index (Phi) is 5.46. The van der Waals surface area contributed by atoms with E-state index in [0.29, 0.717) is 55.1 Å². The van der Waals surface area contributed by atoms with E-state index in [1.54, 1.807) is 34.9 Å². The number of aryl methyl sites for hydroxylation is 1. The van der Waals surface area contributed by atoms with Crippen LogP contribution in [0.15, 0.2) is 35.7 Å². The van der Waals surface area contributed by atoms with Crippen LogP contribution in [0.2, 0.25) is 0 Å². The molecule has 1 aliphatic carbocycles. The number of nitrogens with one attached hydrogen (secondary N) is 1. The van der Waals surface area contributed by atoms with Crippen LogP contribution in [0.25, 0.3) is 10.9 Å². The number of ether oxygens (including phenoxy) is 1. The maximum absolute atomic E-state index is 13.3. The van der Waals surface area contributed by atoms with Crippen LogP contribution in [0.5, 0.6) is 0 Å². The van der Waals surface area contributed by atoms with E-state index in [-0.39, 0.29) is 16.1 Å². The molecular weight excluding hydrogens is 432 g/mol. The predicted molar refractivity (Wildman–Crippen MR) is 117 cm³/mol. The summed E-state index contributed by atoms with van der Waals surface area (Å²) in [7, 11) is -1.66. The SMILES string of the molecule is Cn1ccc(NC(=O)[C@@H](CC2CCOCC2)n2ncc3c(S(=O)(=O)C4CC4)cncc32)n1. The zero-order chi connectivity index (χ0) is 22.3. The van der Waals surface area contributed by atoms with Crippen molar-refractivity contribution in [3.63, 3.8) is 0 Å². The van der Waals surface area contributed by atoms with Gasteiger partial charge >= 0.3 is 0 Å². The van der Waals surface area contributed by atoms with Crippen molar-refractivity contribution in [2.75, 3.05) is 18.5 Å². The van der Waals surface area contributed by atoms with Crippen LogP contribution in [-0.2, 0) is 26.4 Å². The van der Waals surface area contributed by atoms with Crippen molar-refractivity contribution < 1.29 is 17.9 Å². The molecule has 1 atom stereocenters. The van der Waals surface area contributed by atoms with Crippen molar-refractivity contribution in [3.8, 4) is 0 Å². The Balaban J connectivity index is 1.52. The summed E-state index contributed by atoms with van der Waals surface area (Å²) < 4.78 is 34.5. The van der Waals surface area contributed by atoms with Gasteiger partial charge in [0, 0.05) is 44.1 Å². The first-order chi connectivity index (χ1) is 15.4. The zero-order valence-electron chi connectivity index (χ0n) is 17.8. The highest BCUT2D eigenvalue weighted by Gasteiger charge is 2.39. The first kappa shape index (κ1) is 21.1. The second-order valence-electron chi connectivity index (χ2n) is 8.58. The number of amides is 1. The van der Waals surface area contributed by atoms with Gasteiger partial charge in [-0.3, -0.25) is 19.1 Å². The topological polar surface area (TPSA) is 121 Å². The highest BCUT2D eigenvalue weighted by atomic mass is 32.2. The fourth-order valence-electron chi connectivity index (χ4n) is 4.28. The van der Waals surface area contributed by atoms with E-state index < -0.39 is 15.9 Å². The summed E-state index contributed by atoms with van der Waals surface area (Å²) in [6, 6.07) is 1.10. The van der Waals surface area contributed by atoms with Crippen LogP contribution in [0.3, 0.4) is 0 Å². The average Bonchev–Trinajstić information content (AvgIpc) is 3.46.